The number of carbonyl (C=O) groups is 2. The Balaban J connectivity index is 2.06. The van der Waals surface area contributed by atoms with E-state index in [9.17, 15) is 9.59 Å². The van der Waals surface area contributed by atoms with Crippen LogP contribution in [0.15, 0.2) is 48.5 Å². The highest BCUT2D eigenvalue weighted by Crippen LogP contribution is 2.12. The van der Waals surface area contributed by atoms with Crippen molar-refractivity contribution in [1.82, 2.24) is 5.32 Å². The summed E-state index contributed by atoms with van der Waals surface area (Å²) < 4.78 is 0. The zero-order valence-electron chi connectivity index (χ0n) is 11.2. The van der Waals surface area contributed by atoms with E-state index in [0.717, 1.165) is 5.56 Å². The molecule has 0 heterocycles. The molecule has 5 heteroatoms. The number of hydrogen-bond donors (Lipinski definition) is 2. The third-order valence-electron chi connectivity index (χ3n) is 2.99. The van der Waals surface area contributed by atoms with Gasteiger partial charge in [0.25, 0.3) is 5.91 Å². The first-order valence-corrected chi connectivity index (χ1v) is 6.76. The van der Waals surface area contributed by atoms with Crippen LogP contribution in [0, 0.1) is 0 Å². The van der Waals surface area contributed by atoms with Crippen LogP contribution in [0.2, 0.25) is 5.02 Å². The maximum absolute atomic E-state index is 12.0. The van der Waals surface area contributed by atoms with Crippen LogP contribution in [0.25, 0.3) is 0 Å². The zero-order chi connectivity index (χ0) is 15.2. The largest absolute Gasteiger partial charge is 0.481 e. The molecule has 2 aromatic rings. The van der Waals surface area contributed by atoms with Crippen molar-refractivity contribution in [1.29, 1.82) is 0 Å². The van der Waals surface area contributed by atoms with Crippen molar-refractivity contribution in [2.75, 3.05) is 0 Å². The van der Waals surface area contributed by atoms with E-state index in [2.05, 4.69) is 5.32 Å². The minimum atomic E-state index is -0.899. The van der Waals surface area contributed by atoms with Gasteiger partial charge >= 0.3 is 5.97 Å². The minimum absolute atomic E-state index is 0.0663. The second-order valence-corrected chi connectivity index (χ2v) is 4.97. The van der Waals surface area contributed by atoms with Crippen LogP contribution >= 0.6 is 11.6 Å². The zero-order valence-corrected chi connectivity index (χ0v) is 11.9. The van der Waals surface area contributed by atoms with Crippen LogP contribution in [-0.2, 0) is 17.8 Å². The molecule has 0 spiro atoms. The standard InChI is InChI=1S/C16H14ClNO3/c17-14-7-3-6-12(8-14)16(21)18-10-13-5-2-1-4-11(13)9-15(19)20/h1-8H,9-10H2,(H,18,21)(H,19,20). The van der Waals surface area contributed by atoms with E-state index in [0.29, 0.717) is 16.1 Å². The lowest BCUT2D eigenvalue weighted by Gasteiger charge is -2.09. The normalized spacial score (nSPS) is 10.1. The molecule has 0 bridgehead atoms. The van der Waals surface area contributed by atoms with Gasteiger partial charge in [-0.15, -0.1) is 0 Å². The van der Waals surface area contributed by atoms with Crippen molar-refractivity contribution >= 4 is 23.5 Å². The molecule has 2 aromatic carbocycles. The second kappa shape index (κ2) is 6.90. The summed E-state index contributed by atoms with van der Waals surface area (Å²) in [6.07, 6.45) is -0.0663. The highest BCUT2D eigenvalue weighted by atomic mass is 35.5. The summed E-state index contributed by atoms with van der Waals surface area (Å²) in [7, 11) is 0. The lowest BCUT2D eigenvalue weighted by molar-refractivity contribution is -0.136. The van der Waals surface area contributed by atoms with Gasteiger partial charge in [-0.1, -0.05) is 41.9 Å². The predicted molar refractivity (Wildman–Crippen MR) is 80.4 cm³/mol. The van der Waals surface area contributed by atoms with Crippen molar-refractivity contribution < 1.29 is 14.7 Å². The molecule has 2 rings (SSSR count). The van der Waals surface area contributed by atoms with Crippen molar-refractivity contribution in [3.63, 3.8) is 0 Å². The van der Waals surface area contributed by atoms with Crippen LogP contribution in [0.1, 0.15) is 21.5 Å². The quantitative estimate of drug-likeness (QED) is 0.892. The summed E-state index contributed by atoms with van der Waals surface area (Å²) in [5.74, 6) is -1.15. The molecule has 108 valence electrons. The maximum atomic E-state index is 12.0. The Bertz CT molecular complexity index is 670. The summed E-state index contributed by atoms with van der Waals surface area (Å²) in [5, 5.41) is 12.1. The summed E-state index contributed by atoms with van der Waals surface area (Å²) in [6, 6.07) is 13.8. The first-order valence-electron chi connectivity index (χ1n) is 6.38. The fourth-order valence-corrected chi connectivity index (χ4v) is 2.16. The molecule has 0 radical (unpaired) electrons. The molecule has 0 aliphatic heterocycles. The maximum Gasteiger partial charge on any atom is 0.307 e. The average molecular weight is 304 g/mol. The molecule has 0 aromatic heterocycles. The van der Waals surface area contributed by atoms with Crippen molar-refractivity contribution in [3.8, 4) is 0 Å². The van der Waals surface area contributed by atoms with E-state index in [1.165, 1.54) is 0 Å². The summed E-state index contributed by atoms with van der Waals surface area (Å²) in [5.41, 5.74) is 1.95. The molecule has 0 aliphatic rings. The topological polar surface area (TPSA) is 66.4 Å². The second-order valence-electron chi connectivity index (χ2n) is 4.53. The van der Waals surface area contributed by atoms with Gasteiger partial charge in [0, 0.05) is 17.1 Å². The lowest BCUT2D eigenvalue weighted by atomic mass is 10.0. The summed E-state index contributed by atoms with van der Waals surface area (Å²) in [6.45, 7) is 0.273. The highest BCUT2D eigenvalue weighted by molar-refractivity contribution is 6.30. The monoisotopic (exact) mass is 303 g/mol. The smallest absolute Gasteiger partial charge is 0.307 e. The van der Waals surface area contributed by atoms with Crippen molar-refractivity contribution in [3.05, 3.63) is 70.2 Å². The average Bonchev–Trinajstić information content (AvgIpc) is 2.45. The Morgan fingerprint density at radius 2 is 1.76 bits per heavy atom. The number of aliphatic carboxylic acids is 1. The number of nitrogens with one attached hydrogen (secondary N) is 1. The van der Waals surface area contributed by atoms with Gasteiger partial charge in [-0.3, -0.25) is 9.59 Å². The Morgan fingerprint density at radius 1 is 1.05 bits per heavy atom. The van der Waals surface area contributed by atoms with E-state index < -0.39 is 5.97 Å². The third kappa shape index (κ3) is 4.33. The molecule has 0 aliphatic carbocycles. The fraction of sp³-hybridized carbons (Fsp3) is 0.125. The fourth-order valence-electron chi connectivity index (χ4n) is 1.97. The number of halogens is 1. The number of rotatable bonds is 5. The first kappa shape index (κ1) is 15.1. The van der Waals surface area contributed by atoms with E-state index >= 15 is 0 Å². The van der Waals surface area contributed by atoms with Gasteiger partial charge in [-0.25, -0.2) is 0 Å². The Labute approximate surface area is 127 Å². The minimum Gasteiger partial charge on any atom is -0.481 e. The molecule has 2 N–H and O–H groups in total. The molecule has 21 heavy (non-hydrogen) atoms. The molecule has 1 amide bonds. The SMILES string of the molecule is O=C(O)Cc1ccccc1CNC(=O)c1cccc(Cl)c1. The molecular formula is C16H14ClNO3. The molecule has 0 saturated heterocycles. The summed E-state index contributed by atoms with van der Waals surface area (Å²) >= 11 is 5.84. The van der Waals surface area contributed by atoms with Gasteiger partial charge in [0.15, 0.2) is 0 Å². The molecule has 0 unspecified atom stereocenters. The molecular weight excluding hydrogens is 290 g/mol. The predicted octanol–water partition coefficient (Wildman–Crippen LogP) is 2.90. The van der Waals surface area contributed by atoms with Crippen molar-refractivity contribution in [2.24, 2.45) is 0 Å². The number of hydrogen-bond acceptors (Lipinski definition) is 2. The van der Waals surface area contributed by atoms with Crippen LogP contribution in [-0.4, -0.2) is 17.0 Å². The summed E-state index contributed by atoms with van der Waals surface area (Å²) in [4.78, 5) is 22.8. The van der Waals surface area contributed by atoms with E-state index in [1.807, 2.05) is 6.07 Å². The number of benzene rings is 2. The third-order valence-corrected chi connectivity index (χ3v) is 3.22. The molecule has 4 nitrogen and oxygen atoms in total. The molecule has 0 atom stereocenters. The van der Waals surface area contributed by atoms with Gasteiger partial charge in [0.1, 0.15) is 0 Å². The Hall–Kier alpha value is -2.33. The van der Waals surface area contributed by atoms with Gasteiger partial charge in [-0.2, -0.15) is 0 Å². The highest BCUT2D eigenvalue weighted by Gasteiger charge is 2.09. The number of carbonyl (C=O) groups excluding carboxylic acids is 1. The van der Waals surface area contributed by atoms with Gasteiger partial charge < -0.3 is 10.4 Å². The van der Waals surface area contributed by atoms with Gasteiger partial charge in [0.2, 0.25) is 0 Å². The number of carboxylic acid groups (broad SMARTS) is 1. The van der Waals surface area contributed by atoms with Crippen LogP contribution in [0.3, 0.4) is 0 Å². The van der Waals surface area contributed by atoms with Gasteiger partial charge in [0.05, 0.1) is 6.42 Å². The van der Waals surface area contributed by atoms with Crippen LogP contribution < -0.4 is 5.32 Å². The Morgan fingerprint density at radius 3 is 2.43 bits per heavy atom. The van der Waals surface area contributed by atoms with Crippen molar-refractivity contribution in [2.45, 2.75) is 13.0 Å². The molecule has 0 fully saturated rings. The number of amides is 1. The number of carboxylic acids is 1. The van der Waals surface area contributed by atoms with E-state index in [-0.39, 0.29) is 18.9 Å². The van der Waals surface area contributed by atoms with Gasteiger partial charge in [-0.05, 0) is 29.3 Å². The molecule has 0 saturated carbocycles. The lowest BCUT2D eigenvalue weighted by Crippen LogP contribution is -2.23. The Kier molecular flexibility index (Phi) is 4.95. The van der Waals surface area contributed by atoms with E-state index in [1.54, 1.807) is 42.5 Å². The van der Waals surface area contributed by atoms with Crippen LogP contribution in [0.5, 0.6) is 0 Å². The van der Waals surface area contributed by atoms with E-state index in [4.69, 9.17) is 16.7 Å². The van der Waals surface area contributed by atoms with Crippen LogP contribution in [0.4, 0.5) is 0 Å². The first-order chi connectivity index (χ1) is 10.1.